The smallest absolute Gasteiger partial charge is 0.249 e. The SMILES string of the molecule is C=C(C)C[Si](C)(C)OC1=CCC(C)(C)C=C1. The van der Waals surface area contributed by atoms with Gasteiger partial charge in [-0.15, -0.1) is 6.58 Å². The molecular weight excluding hydrogens is 212 g/mol. The van der Waals surface area contributed by atoms with E-state index in [-0.39, 0.29) is 5.41 Å². The fraction of sp³-hybridized carbons (Fsp3) is 0.571. The second-order valence-corrected chi connectivity index (χ2v) is 10.2. The first-order valence-electron chi connectivity index (χ1n) is 5.93. The molecular formula is C14H24OSi. The van der Waals surface area contributed by atoms with Crippen molar-refractivity contribution >= 4 is 8.32 Å². The van der Waals surface area contributed by atoms with Crippen LogP contribution in [0.1, 0.15) is 27.2 Å². The molecule has 0 heterocycles. The van der Waals surface area contributed by atoms with Gasteiger partial charge in [-0.2, -0.15) is 0 Å². The average molecular weight is 236 g/mol. The molecule has 0 bridgehead atoms. The average Bonchev–Trinajstić information content (AvgIpc) is 2.06. The number of hydrogen-bond donors (Lipinski definition) is 0. The highest BCUT2D eigenvalue weighted by molar-refractivity contribution is 6.72. The van der Waals surface area contributed by atoms with Crippen molar-refractivity contribution in [3.63, 3.8) is 0 Å². The van der Waals surface area contributed by atoms with Crippen LogP contribution >= 0.6 is 0 Å². The molecule has 0 spiro atoms. The summed E-state index contributed by atoms with van der Waals surface area (Å²) in [4.78, 5) is 0. The fourth-order valence-corrected chi connectivity index (χ4v) is 4.28. The van der Waals surface area contributed by atoms with Crippen molar-refractivity contribution in [3.8, 4) is 0 Å². The Balaban J connectivity index is 2.60. The molecule has 0 N–H and O–H groups in total. The van der Waals surface area contributed by atoms with Gasteiger partial charge in [-0.25, -0.2) is 0 Å². The molecule has 0 fully saturated rings. The fourth-order valence-electron chi connectivity index (χ4n) is 1.97. The molecule has 90 valence electrons. The van der Waals surface area contributed by atoms with E-state index in [0.29, 0.717) is 0 Å². The monoisotopic (exact) mass is 236 g/mol. The van der Waals surface area contributed by atoms with E-state index >= 15 is 0 Å². The van der Waals surface area contributed by atoms with Crippen molar-refractivity contribution in [2.75, 3.05) is 0 Å². The third-order valence-corrected chi connectivity index (χ3v) is 4.89. The van der Waals surface area contributed by atoms with Gasteiger partial charge in [-0.1, -0.05) is 25.5 Å². The first-order chi connectivity index (χ1) is 7.20. The lowest BCUT2D eigenvalue weighted by Gasteiger charge is -2.29. The van der Waals surface area contributed by atoms with Gasteiger partial charge in [0.2, 0.25) is 8.32 Å². The lowest BCUT2D eigenvalue weighted by atomic mass is 9.86. The Morgan fingerprint density at radius 1 is 1.50 bits per heavy atom. The molecule has 0 unspecified atom stereocenters. The molecule has 1 aliphatic carbocycles. The predicted molar refractivity (Wildman–Crippen MR) is 73.8 cm³/mol. The summed E-state index contributed by atoms with van der Waals surface area (Å²) in [5.74, 6) is 1.05. The lowest BCUT2D eigenvalue weighted by molar-refractivity contribution is 0.405. The zero-order valence-electron chi connectivity index (χ0n) is 11.3. The molecule has 0 aromatic rings. The summed E-state index contributed by atoms with van der Waals surface area (Å²) < 4.78 is 6.14. The number of hydrogen-bond acceptors (Lipinski definition) is 1. The summed E-state index contributed by atoms with van der Waals surface area (Å²) in [6, 6.07) is 1.03. The Morgan fingerprint density at radius 2 is 2.12 bits per heavy atom. The van der Waals surface area contributed by atoms with E-state index < -0.39 is 8.32 Å². The standard InChI is InChI=1S/C14H24OSi/c1-12(2)11-16(5,6)15-13-7-9-14(3,4)10-8-13/h7-9H,1,10-11H2,2-6H3. The third-order valence-electron chi connectivity index (χ3n) is 2.65. The van der Waals surface area contributed by atoms with Crippen LogP contribution in [0.25, 0.3) is 0 Å². The maximum absolute atomic E-state index is 6.14. The van der Waals surface area contributed by atoms with Crippen LogP contribution in [0, 0.1) is 5.41 Å². The first kappa shape index (κ1) is 13.3. The van der Waals surface area contributed by atoms with Crippen LogP contribution in [0.2, 0.25) is 19.1 Å². The second-order valence-electron chi connectivity index (χ2n) is 6.13. The molecule has 1 rings (SSSR count). The summed E-state index contributed by atoms with van der Waals surface area (Å²) in [6.45, 7) is 15.0. The van der Waals surface area contributed by atoms with Gasteiger partial charge in [0.1, 0.15) is 0 Å². The molecule has 16 heavy (non-hydrogen) atoms. The molecule has 2 heteroatoms. The van der Waals surface area contributed by atoms with Crippen molar-refractivity contribution < 1.29 is 4.43 Å². The van der Waals surface area contributed by atoms with Gasteiger partial charge in [0.05, 0.1) is 5.76 Å². The molecule has 0 amide bonds. The van der Waals surface area contributed by atoms with Crippen LogP contribution in [0.4, 0.5) is 0 Å². The van der Waals surface area contributed by atoms with Crippen LogP contribution < -0.4 is 0 Å². The zero-order valence-corrected chi connectivity index (χ0v) is 12.3. The Morgan fingerprint density at radius 3 is 2.56 bits per heavy atom. The molecule has 0 saturated carbocycles. The minimum atomic E-state index is -1.62. The number of rotatable bonds is 4. The molecule has 0 aliphatic heterocycles. The lowest BCUT2D eigenvalue weighted by Crippen LogP contribution is -2.30. The first-order valence-corrected chi connectivity index (χ1v) is 9.05. The Hall–Kier alpha value is -0.763. The van der Waals surface area contributed by atoms with Crippen LogP contribution in [-0.4, -0.2) is 8.32 Å². The molecule has 1 aliphatic rings. The molecule has 0 radical (unpaired) electrons. The van der Waals surface area contributed by atoms with Crippen molar-refractivity contribution in [3.05, 3.63) is 36.1 Å². The summed E-state index contributed by atoms with van der Waals surface area (Å²) in [6.07, 6.45) is 7.65. The largest absolute Gasteiger partial charge is 0.544 e. The Kier molecular flexibility index (Phi) is 3.84. The molecule has 0 atom stereocenters. The summed E-state index contributed by atoms with van der Waals surface area (Å²) >= 11 is 0. The molecule has 1 nitrogen and oxygen atoms in total. The highest BCUT2D eigenvalue weighted by Crippen LogP contribution is 2.30. The number of allylic oxidation sites excluding steroid dienone is 4. The van der Waals surface area contributed by atoms with Crippen LogP contribution in [0.15, 0.2) is 36.1 Å². The van der Waals surface area contributed by atoms with E-state index in [4.69, 9.17) is 4.43 Å². The van der Waals surface area contributed by atoms with E-state index in [1.807, 2.05) is 0 Å². The van der Waals surface area contributed by atoms with Crippen LogP contribution in [0.5, 0.6) is 0 Å². The Labute approximate surface area is 101 Å². The summed E-state index contributed by atoms with van der Waals surface area (Å²) in [5.41, 5.74) is 1.50. The second kappa shape index (κ2) is 4.62. The molecule has 0 aromatic carbocycles. The van der Waals surface area contributed by atoms with Gasteiger partial charge in [0, 0.05) is 0 Å². The van der Waals surface area contributed by atoms with Crippen molar-refractivity contribution in [1.82, 2.24) is 0 Å². The third kappa shape index (κ3) is 4.39. The highest BCUT2D eigenvalue weighted by Gasteiger charge is 2.26. The minimum absolute atomic E-state index is 0.285. The van der Waals surface area contributed by atoms with E-state index in [1.54, 1.807) is 0 Å². The maximum atomic E-state index is 6.14. The van der Waals surface area contributed by atoms with E-state index in [9.17, 15) is 0 Å². The Bertz CT molecular complexity index is 335. The molecule has 0 saturated heterocycles. The van der Waals surface area contributed by atoms with Crippen LogP contribution in [-0.2, 0) is 4.43 Å². The van der Waals surface area contributed by atoms with E-state index in [0.717, 1.165) is 18.2 Å². The summed E-state index contributed by atoms with van der Waals surface area (Å²) in [7, 11) is -1.62. The van der Waals surface area contributed by atoms with Gasteiger partial charge in [0.15, 0.2) is 0 Å². The van der Waals surface area contributed by atoms with E-state index in [2.05, 4.69) is 58.7 Å². The maximum Gasteiger partial charge on any atom is 0.249 e. The van der Waals surface area contributed by atoms with Gasteiger partial charge in [-0.05, 0) is 50.0 Å². The zero-order chi connectivity index (χ0) is 12.4. The minimum Gasteiger partial charge on any atom is -0.544 e. The van der Waals surface area contributed by atoms with Gasteiger partial charge in [0.25, 0.3) is 0 Å². The van der Waals surface area contributed by atoms with Gasteiger partial charge >= 0.3 is 0 Å². The van der Waals surface area contributed by atoms with Crippen molar-refractivity contribution in [2.24, 2.45) is 5.41 Å². The van der Waals surface area contributed by atoms with Crippen LogP contribution in [0.3, 0.4) is 0 Å². The topological polar surface area (TPSA) is 9.23 Å². The highest BCUT2D eigenvalue weighted by atomic mass is 28.4. The normalized spacial score (nSPS) is 19.2. The molecule has 0 aromatic heterocycles. The van der Waals surface area contributed by atoms with E-state index in [1.165, 1.54) is 5.57 Å². The van der Waals surface area contributed by atoms with Crippen molar-refractivity contribution in [2.45, 2.75) is 46.3 Å². The quantitative estimate of drug-likeness (QED) is 0.510. The summed E-state index contributed by atoms with van der Waals surface area (Å²) in [5, 5.41) is 0. The van der Waals surface area contributed by atoms with Gasteiger partial charge < -0.3 is 4.43 Å². The van der Waals surface area contributed by atoms with Gasteiger partial charge in [-0.3, -0.25) is 0 Å². The predicted octanol–water partition coefficient (Wildman–Crippen LogP) is 4.65. The van der Waals surface area contributed by atoms with Crippen molar-refractivity contribution in [1.29, 1.82) is 0 Å².